The van der Waals surface area contributed by atoms with Gasteiger partial charge in [0.2, 0.25) is 0 Å². The van der Waals surface area contributed by atoms with Crippen LogP contribution in [-0.4, -0.2) is 16.9 Å². The fraction of sp³-hybridized carbons (Fsp3) is 0.818. The summed E-state index contributed by atoms with van der Waals surface area (Å²) in [6, 6.07) is 0. The number of aliphatic carboxylic acids is 1. The number of hydrogen-bond acceptors (Lipinski definition) is 2. The number of fused-ring (bicyclic) bond motifs is 2. The molecule has 3 aliphatic carbocycles. The third-order valence-electron chi connectivity index (χ3n) is 4.79. The molecule has 3 heteroatoms. The van der Waals surface area contributed by atoms with Crippen molar-refractivity contribution >= 4 is 11.8 Å². The van der Waals surface area contributed by atoms with Crippen LogP contribution in [0.3, 0.4) is 0 Å². The Kier molecular flexibility index (Phi) is 1.65. The molecule has 0 aromatic rings. The van der Waals surface area contributed by atoms with E-state index in [4.69, 9.17) is 0 Å². The van der Waals surface area contributed by atoms with Gasteiger partial charge in [0.15, 0.2) is 0 Å². The highest BCUT2D eigenvalue weighted by Crippen LogP contribution is 2.68. The second-order valence-corrected chi connectivity index (χ2v) is 5.29. The molecule has 1 N–H and O–H groups in total. The molecule has 0 saturated heterocycles. The molecule has 2 bridgehead atoms. The van der Waals surface area contributed by atoms with Gasteiger partial charge in [-0.1, -0.05) is 20.8 Å². The Morgan fingerprint density at radius 1 is 1.50 bits per heavy atom. The van der Waals surface area contributed by atoms with Crippen molar-refractivity contribution in [3.63, 3.8) is 0 Å². The minimum atomic E-state index is -0.792. The molecular formula is C11H16O3. The molecule has 3 rings (SSSR count). The van der Waals surface area contributed by atoms with E-state index in [-0.39, 0.29) is 23.0 Å². The van der Waals surface area contributed by atoms with Crippen LogP contribution in [0.15, 0.2) is 0 Å². The standard InChI is InChI=1S/C11H16O3/c1-6-8(12)4-7-5-11(6,9(13)14)10(7,2)3/h6-7H,4-5H2,1-3H3,(H,13,14). The first-order chi connectivity index (χ1) is 6.34. The normalized spacial score (nSPS) is 44.4. The quantitative estimate of drug-likeness (QED) is 0.694. The summed E-state index contributed by atoms with van der Waals surface area (Å²) in [6.07, 6.45) is 1.26. The molecule has 14 heavy (non-hydrogen) atoms. The van der Waals surface area contributed by atoms with Crippen molar-refractivity contribution in [3.05, 3.63) is 0 Å². The number of hydrogen-bond donors (Lipinski definition) is 1. The molecule has 0 aromatic heterocycles. The van der Waals surface area contributed by atoms with Crippen LogP contribution in [0.5, 0.6) is 0 Å². The largest absolute Gasteiger partial charge is 0.481 e. The van der Waals surface area contributed by atoms with E-state index in [0.29, 0.717) is 12.8 Å². The van der Waals surface area contributed by atoms with Crippen molar-refractivity contribution in [2.45, 2.75) is 33.6 Å². The Morgan fingerprint density at radius 3 is 2.43 bits per heavy atom. The lowest BCUT2D eigenvalue weighted by Gasteiger charge is -2.65. The zero-order chi connectivity index (χ0) is 10.7. The molecule has 0 aliphatic heterocycles. The molecule has 3 nitrogen and oxygen atoms in total. The molecule has 0 radical (unpaired) electrons. The van der Waals surface area contributed by atoms with Crippen LogP contribution < -0.4 is 0 Å². The molecule has 3 saturated carbocycles. The Balaban J connectivity index is 2.46. The van der Waals surface area contributed by atoms with Crippen LogP contribution in [0, 0.1) is 22.7 Å². The molecule has 0 amide bonds. The summed E-state index contributed by atoms with van der Waals surface area (Å²) in [4.78, 5) is 22.9. The summed E-state index contributed by atoms with van der Waals surface area (Å²) in [5.41, 5.74) is -1.00. The highest BCUT2D eigenvalue weighted by Gasteiger charge is 2.71. The predicted molar refractivity (Wildman–Crippen MR) is 50.7 cm³/mol. The zero-order valence-electron chi connectivity index (χ0n) is 8.83. The van der Waals surface area contributed by atoms with E-state index in [1.165, 1.54) is 0 Å². The Morgan fingerprint density at radius 2 is 2.07 bits per heavy atom. The summed E-state index contributed by atoms with van der Waals surface area (Å²) >= 11 is 0. The summed E-state index contributed by atoms with van der Waals surface area (Å²) in [7, 11) is 0. The Bertz CT molecular complexity index is 318. The average molecular weight is 196 g/mol. The van der Waals surface area contributed by atoms with E-state index in [1.807, 2.05) is 13.8 Å². The van der Waals surface area contributed by atoms with Crippen molar-refractivity contribution in [2.75, 3.05) is 0 Å². The third kappa shape index (κ3) is 0.748. The first-order valence-corrected chi connectivity index (χ1v) is 5.10. The van der Waals surface area contributed by atoms with Gasteiger partial charge in [-0.25, -0.2) is 0 Å². The van der Waals surface area contributed by atoms with Gasteiger partial charge in [-0.3, -0.25) is 9.59 Å². The highest BCUT2D eigenvalue weighted by atomic mass is 16.4. The molecule has 3 aliphatic rings. The zero-order valence-corrected chi connectivity index (χ0v) is 8.83. The number of carboxylic acid groups (broad SMARTS) is 1. The Hall–Kier alpha value is -0.860. The van der Waals surface area contributed by atoms with Crippen LogP contribution in [0.25, 0.3) is 0 Å². The monoisotopic (exact) mass is 196 g/mol. The number of ketones is 1. The lowest BCUT2D eigenvalue weighted by atomic mass is 9.36. The molecule has 3 unspecified atom stereocenters. The maximum Gasteiger partial charge on any atom is 0.310 e. The molecule has 78 valence electrons. The van der Waals surface area contributed by atoms with Crippen LogP contribution in [0.4, 0.5) is 0 Å². The van der Waals surface area contributed by atoms with Gasteiger partial charge in [0, 0.05) is 12.3 Å². The van der Waals surface area contributed by atoms with E-state index in [1.54, 1.807) is 6.92 Å². The van der Waals surface area contributed by atoms with E-state index in [2.05, 4.69) is 0 Å². The smallest absolute Gasteiger partial charge is 0.310 e. The molecule has 3 fully saturated rings. The van der Waals surface area contributed by atoms with Crippen LogP contribution in [0.1, 0.15) is 33.6 Å². The Labute approximate surface area is 83.5 Å². The van der Waals surface area contributed by atoms with Crippen molar-refractivity contribution in [3.8, 4) is 0 Å². The minimum Gasteiger partial charge on any atom is -0.481 e. The van der Waals surface area contributed by atoms with Gasteiger partial charge < -0.3 is 5.11 Å². The van der Waals surface area contributed by atoms with Crippen molar-refractivity contribution in [2.24, 2.45) is 22.7 Å². The summed E-state index contributed by atoms with van der Waals surface area (Å²) < 4.78 is 0. The van der Waals surface area contributed by atoms with Crippen LogP contribution in [-0.2, 0) is 9.59 Å². The van der Waals surface area contributed by atoms with Gasteiger partial charge in [-0.15, -0.1) is 0 Å². The van der Waals surface area contributed by atoms with Crippen LogP contribution in [0.2, 0.25) is 0 Å². The SMILES string of the molecule is CC1C(=O)CC2CC1(C(=O)O)C2(C)C. The van der Waals surface area contributed by atoms with Crippen molar-refractivity contribution in [1.29, 1.82) is 0 Å². The lowest BCUT2D eigenvalue weighted by Crippen LogP contribution is -2.67. The average Bonchev–Trinajstić information content (AvgIpc) is 2.07. The van der Waals surface area contributed by atoms with Crippen molar-refractivity contribution < 1.29 is 14.7 Å². The molecular weight excluding hydrogens is 180 g/mol. The van der Waals surface area contributed by atoms with E-state index in [0.717, 1.165) is 0 Å². The van der Waals surface area contributed by atoms with Crippen LogP contribution >= 0.6 is 0 Å². The maximum atomic E-state index is 11.6. The van der Waals surface area contributed by atoms with Gasteiger partial charge >= 0.3 is 5.97 Å². The molecule has 0 heterocycles. The first-order valence-electron chi connectivity index (χ1n) is 5.10. The summed E-state index contributed by atoms with van der Waals surface area (Å²) in [5.74, 6) is -0.704. The van der Waals surface area contributed by atoms with E-state index in [9.17, 15) is 14.7 Å². The highest BCUT2D eigenvalue weighted by molar-refractivity contribution is 5.92. The van der Waals surface area contributed by atoms with Gasteiger partial charge in [-0.05, 0) is 17.8 Å². The first kappa shape index (κ1) is 9.69. The van der Waals surface area contributed by atoms with Gasteiger partial charge in [0.25, 0.3) is 0 Å². The number of Topliss-reactive ketones (excluding diaryl/α,β-unsaturated/α-hetero) is 1. The number of carbonyl (C=O) groups is 2. The summed E-state index contributed by atoms with van der Waals surface area (Å²) in [6.45, 7) is 5.74. The number of carboxylic acids is 1. The fourth-order valence-electron chi connectivity index (χ4n) is 3.44. The number of carbonyl (C=O) groups excluding carboxylic acids is 1. The third-order valence-corrected chi connectivity index (χ3v) is 4.79. The molecule has 3 atom stereocenters. The fourth-order valence-corrected chi connectivity index (χ4v) is 3.44. The van der Waals surface area contributed by atoms with Gasteiger partial charge in [0.1, 0.15) is 5.78 Å². The second-order valence-electron chi connectivity index (χ2n) is 5.29. The van der Waals surface area contributed by atoms with Gasteiger partial charge in [0.05, 0.1) is 5.41 Å². The van der Waals surface area contributed by atoms with Crippen molar-refractivity contribution in [1.82, 2.24) is 0 Å². The molecule has 0 spiro atoms. The maximum absolute atomic E-state index is 11.6. The molecule has 0 aromatic carbocycles. The lowest BCUT2D eigenvalue weighted by molar-refractivity contribution is -0.214. The van der Waals surface area contributed by atoms with E-state index < -0.39 is 11.4 Å². The predicted octanol–water partition coefficient (Wildman–Crippen LogP) is 1.71. The minimum absolute atomic E-state index is 0.128. The topological polar surface area (TPSA) is 54.4 Å². The van der Waals surface area contributed by atoms with E-state index >= 15 is 0 Å². The second kappa shape index (κ2) is 2.38. The van der Waals surface area contributed by atoms with Gasteiger partial charge in [-0.2, -0.15) is 0 Å². The summed E-state index contributed by atoms with van der Waals surface area (Å²) in [5, 5.41) is 9.31. The number of rotatable bonds is 1.